The van der Waals surface area contributed by atoms with Gasteiger partial charge in [0.15, 0.2) is 11.5 Å². The minimum absolute atomic E-state index is 0.193. The molecule has 6 nitrogen and oxygen atoms in total. The maximum Gasteiger partial charge on any atom is 0.260 e. The van der Waals surface area contributed by atoms with Crippen molar-refractivity contribution in [2.75, 3.05) is 32.7 Å². The number of ether oxygens (including phenoxy) is 2. The van der Waals surface area contributed by atoms with Crippen LogP contribution in [0.3, 0.4) is 0 Å². The number of H-pyrrole nitrogens is 1. The van der Waals surface area contributed by atoms with Crippen molar-refractivity contribution in [3.63, 3.8) is 0 Å². The molecule has 1 aromatic carbocycles. The van der Waals surface area contributed by atoms with Crippen molar-refractivity contribution in [3.05, 3.63) is 22.5 Å². The van der Waals surface area contributed by atoms with E-state index < -0.39 is 0 Å². The molecular formula is C13H17N3O3. The van der Waals surface area contributed by atoms with E-state index in [1.54, 1.807) is 19.2 Å². The fourth-order valence-electron chi connectivity index (χ4n) is 1.78. The lowest BCUT2D eigenvalue weighted by Gasteiger charge is -2.15. The Labute approximate surface area is 111 Å². The molecule has 0 radical (unpaired) electrons. The fraction of sp³-hybridized carbons (Fsp3) is 0.385. The van der Waals surface area contributed by atoms with Gasteiger partial charge in [0.25, 0.3) is 5.56 Å². The summed E-state index contributed by atoms with van der Waals surface area (Å²) >= 11 is 0. The minimum atomic E-state index is -0.193. The Hall–Kier alpha value is -2.24. The van der Waals surface area contributed by atoms with E-state index >= 15 is 0 Å². The molecule has 19 heavy (non-hydrogen) atoms. The van der Waals surface area contributed by atoms with Gasteiger partial charge in [-0.1, -0.05) is 0 Å². The van der Waals surface area contributed by atoms with E-state index in [0.29, 0.717) is 28.4 Å². The summed E-state index contributed by atoms with van der Waals surface area (Å²) in [5.74, 6) is 1.60. The van der Waals surface area contributed by atoms with Gasteiger partial charge in [0.05, 0.1) is 25.1 Å². The highest BCUT2D eigenvalue weighted by atomic mass is 16.5. The monoisotopic (exact) mass is 263 g/mol. The van der Waals surface area contributed by atoms with Crippen molar-refractivity contribution in [1.29, 1.82) is 0 Å². The summed E-state index contributed by atoms with van der Waals surface area (Å²) in [7, 11) is 4.95. The first-order chi connectivity index (χ1) is 9.10. The Morgan fingerprint density at radius 1 is 1.26 bits per heavy atom. The summed E-state index contributed by atoms with van der Waals surface area (Å²) in [6, 6.07) is 3.34. The lowest BCUT2D eigenvalue weighted by molar-refractivity contribution is 0.355. The highest BCUT2D eigenvalue weighted by Crippen LogP contribution is 2.30. The van der Waals surface area contributed by atoms with Crippen LogP contribution in [-0.2, 0) is 0 Å². The third-order valence-electron chi connectivity index (χ3n) is 3.03. The number of aromatic nitrogens is 2. The number of methoxy groups -OCH3 is 2. The van der Waals surface area contributed by atoms with Crippen LogP contribution < -0.4 is 19.9 Å². The molecule has 1 aromatic heterocycles. The normalized spacial score (nSPS) is 10.5. The molecule has 1 N–H and O–H groups in total. The number of benzene rings is 1. The molecule has 102 valence electrons. The van der Waals surface area contributed by atoms with Crippen LogP contribution in [0.4, 0.5) is 5.95 Å². The van der Waals surface area contributed by atoms with E-state index in [1.807, 2.05) is 18.9 Å². The van der Waals surface area contributed by atoms with E-state index in [1.165, 1.54) is 7.11 Å². The Kier molecular flexibility index (Phi) is 3.59. The minimum Gasteiger partial charge on any atom is -0.493 e. The average Bonchev–Trinajstić information content (AvgIpc) is 2.44. The average molecular weight is 263 g/mol. The van der Waals surface area contributed by atoms with Gasteiger partial charge in [0.1, 0.15) is 0 Å². The van der Waals surface area contributed by atoms with Gasteiger partial charge in [-0.3, -0.25) is 9.78 Å². The zero-order valence-electron chi connectivity index (χ0n) is 11.5. The zero-order valence-corrected chi connectivity index (χ0v) is 11.5. The molecule has 2 rings (SSSR count). The molecule has 1 heterocycles. The van der Waals surface area contributed by atoms with Gasteiger partial charge in [0.2, 0.25) is 5.95 Å². The maximum absolute atomic E-state index is 12.1. The van der Waals surface area contributed by atoms with Gasteiger partial charge in [-0.05, 0) is 13.0 Å². The van der Waals surface area contributed by atoms with Crippen LogP contribution in [0, 0.1) is 0 Å². The molecule has 0 spiro atoms. The highest BCUT2D eigenvalue weighted by Gasteiger charge is 2.11. The van der Waals surface area contributed by atoms with E-state index in [0.717, 1.165) is 6.54 Å². The van der Waals surface area contributed by atoms with Crippen LogP contribution in [-0.4, -0.2) is 37.8 Å². The second kappa shape index (κ2) is 5.17. The number of rotatable bonds is 4. The fourth-order valence-corrected chi connectivity index (χ4v) is 1.78. The lowest BCUT2D eigenvalue weighted by atomic mass is 10.2. The van der Waals surface area contributed by atoms with Gasteiger partial charge in [0, 0.05) is 19.7 Å². The predicted octanol–water partition coefficient (Wildman–Crippen LogP) is 1.40. The van der Waals surface area contributed by atoms with Crippen molar-refractivity contribution in [2.24, 2.45) is 0 Å². The smallest absolute Gasteiger partial charge is 0.260 e. The Morgan fingerprint density at radius 2 is 1.89 bits per heavy atom. The Bertz CT molecular complexity index is 651. The van der Waals surface area contributed by atoms with Crippen molar-refractivity contribution < 1.29 is 9.47 Å². The molecule has 0 aliphatic heterocycles. The van der Waals surface area contributed by atoms with E-state index in [4.69, 9.17) is 9.47 Å². The molecule has 0 atom stereocenters. The summed E-state index contributed by atoms with van der Waals surface area (Å²) in [4.78, 5) is 21.1. The first kappa shape index (κ1) is 13.2. The molecule has 0 amide bonds. The van der Waals surface area contributed by atoms with Crippen LogP contribution in [0.1, 0.15) is 6.92 Å². The summed E-state index contributed by atoms with van der Waals surface area (Å²) in [6.45, 7) is 2.74. The van der Waals surface area contributed by atoms with Crippen molar-refractivity contribution >= 4 is 16.9 Å². The van der Waals surface area contributed by atoms with Gasteiger partial charge in [-0.2, -0.15) is 0 Å². The first-order valence-corrected chi connectivity index (χ1v) is 5.97. The first-order valence-electron chi connectivity index (χ1n) is 5.97. The predicted molar refractivity (Wildman–Crippen MR) is 74.4 cm³/mol. The zero-order chi connectivity index (χ0) is 14.0. The van der Waals surface area contributed by atoms with Gasteiger partial charge >= 0.3 is 0 Å². The standard InChI is InChI=1S/C13H17N3O3/c1-5-16(2)13-14-9-7-11(19-4)10(18-3)6-8(9)12(17)15-13/h6-7H,5H2,1-4H3,(H,14,15,17). The van der Waals surface area contributed by atoms with Crippen LogP contribution in [0.2, 0.25) is 0 Å². The summed E-state index contributed by atoms with van der Waals surface area (Å²) in [6.07, 6.45) is 0. The second-order valence-electron chi connectivity index (χ2n) is 4.13. The molecule has 0 unspecified atom stereocenters. The van der Waals surface area contributed by atoms with E-state index in [-0.39, 0.29) is 5.56 Å². The molecular weight excluding hydrogens is 246 g/mol. The van der Waals surface area contributed by atoms with Crippen LogP contribution >= 0.6 is 0 Å². The van der Waals surface area contributed by atoms with Crippen LogP contribution in [0.5, 0.6) is 11.5 Å². The summed E-state index contributed by atoms with van der Waals surface area (Å²) in [5.41, 5.74) is 0.387. The van der Waals surface area contributed by atoms with Gasteiger partial charge in [-0.15, -0.1) is 0 Å². The number of nitrogens with zero attached hydrogens (tertiary/aromatic N) is 2. The number of hydrogen-bond acceptors (Lipinski definition) is 5. The molecule has 0 aliphatic carbocycles. The number of hydrogen-bond donors (Lipinski definition) is 1. The Balaban J connectivity index is 2.70. The Morgan fingerprint density at radius 3 is 2.47 bits per heavy atom. The number of aromatic amines is 1. The van der Waals surface area contributed by atoms with Gasteiger partial charge < -0.3 is 14.4 Å². The third kappa shape index (κ3) is 2.33. The number of fused-ring (bicyclic) bond motifs is 1. The van der Waals surface area contributed by atoms with Crippen molar-refractivity contribution in [3.8, 4) is 11.5 Å². The van der Waals surface area contributed by atoms with Crippen LogP contribution in [0.25, 0.3) is 10.9 Å². The number of anilines is 1. The SMILES string of the molecule is CCN(C)c1nc2cc(OC)c(OC)cc2c(=O)[nH]1. The molecule has 0 bridgehead atoms. The van der Waals surface area contributed by atoms with E-state index in [2.05, 4.69) is 9.97 Å². The third-order valence-corrected chi connectivity index (χ3v) is 3.03. The molecule has 0 saturated heterocycles. The van der Waals surface area contributed by atoms with Crippen molar-refractivity contribution in [1.82, 2.24) is 9.97 Å². The molecule has 0 fully saturated rings. The number of nitrogens with one attached hydrogen (secondary N) is 1. The topological polar surface area (TPSA) is 67.5 Å². The quantitative estimate of drug-likeness (QED) is 0.903. The summed E-state index contributed by atoms with van der Waals surface area (Å²) < 4.78 is 10.4. The maximum atomic E-state index is 12.1. The lowest BCUT2D eigenvalue weighted by Crippen LogP contribution is -2.22. The largest absolute Gasteiger partial charge is 0.493 e. The molecule has 0 saturated carbocycles. The highest BCUT2D eigenvalue weighted by molar-refractivity contribution is 5.82. The van der Waals surface area contributed by atoms with Crippen LogP contribution in [0.15, 0.2) is 16.9 Å². The molecule has 0 aliphatic rings. The molecule has 2 aromatic rings. The second-order valence-corrected chi connectivity index (χ2v) is 4.13. The molecule has 6 heteroatoms. The van der Waals surface area contributed by atoms with Gasteiger partial charge in [-0.25, -0.2) is 4.98 Å². The van der Waals surface area contributed by atoms with E-state index in [9.17, 15) is 4.79 Å². The van der Waals surface area contributed by atoms with Crippen molar-refractivity contribution in [2.45, 2.75) is 6.92 Å². The summed E-state index contributed by atoms with van der Waals surface area (Å²) in [5, 5.41) is 0.478.